The van der Waals surface area contributed by atoms with Crippen LogP contribution in [0.4, 0.5) is 4.39 Å². The third-order valence-corrected chi connectivity index (χ3v) is 3.76. The van der Waals surface area contributed by atoms with E-state index >= 15 is 0 Å². The van der Waals surface area contributed by atoms with E-state index < -0.39 is 0 Å². The fourth-order valence-corrected chi connectivity index (χ4v) is 2.56. The van der Waals surface area contributed by atoms with Crippen molar-refractivity contribution in [2.75, 3.05) is 6.61 Å². The highest BCUT2D eigenvalue weighted by Crippen LogP contribution is 2.27. The van der Waals surface area contributed by atoms with Gasteiger partial charge in [0, 0.05) is 23.6 Å². The summed E-state index contributed by atoms with van der Waals surface area (Å²) in [6.45, 7) is 2.07. The smallest absolute Gasteiger partial charge is 0.338 e. The molecule has 5 heteroatoms. The van der Waals surface area contributed by atoms with Crippen LogP contribution in [0.3, 0.4) is 0 Å². The summed E-state index contributed by atoms with van der Waals surface area (Å²) in [6, 6.07) is 15.1. The summed E-state index contributed by atoms with van der Waals surface area (Å²) < 4.78 is 20.2. The molecule has 4 nitrogen and oxygen atoms in total. The maximum absolute atomic E-state index is 13.5. The largest absolute Gasteiger partial charge is 0.462 e. The number of nitriles is 1. The average Bonchev–Trinajstić information content (AvgIpc) is 3.06. The van der Waals surface area contributed by atoms with Crippen molar-refractivity contribution in [1.29, 1.82) is 5.26 Å². The number of aromatic nitrogens is 1. The van der Waals surface area contributed by atoms with E-state index in [0.717, 1.165) is 5.69 Å². The lowest BCUT2D eigenvalue weighted by atomic mass is 10.1. The first kappa shape index (κ1) is 16.5. The summed E-state index contributed by atoms with van der Waals surface area (Å²) in [5.74, 6) is -0.729. The van der Waals surface area contributed by atoms with Gasteiger partial charge in [0.05, 0.1) is 17.7 Å². The van der Waals surface area contributed by atoms with Crippen molar-refractivity contribution < 1.29 is 13.9 Å². The van der Waals surface area contributed by atoms with E-state index in [4.69, 9.17) is 4.74 Å². The highest BCUT2D eigenvalue weighted by atomic mass is 19.1. The van der Waals surface area contributed by atoms with Gasteiger partial charge in [0.2, 0.25) is 0 Å². The zero-order chi connectivity index (χ0) is 17.8. The van der Waals surface area contributed by atoms with Gasteiger partial charge in [-0.3, -0.25) is 0 Å². The second kappa shape index (κ2) is 7.02. The Morgan fingerprint density at radius 2 is 1.96 bits per heavy atom. The summed E-state index contributed by atoms with van der Waals surface area (Å²) >= 11 is 0. The van der Waals surface area contributed by atoms with Crippen LogP contribution in [-0.4, -0.2) is 17.1 Å². The molecule has 0 aliphatic carbocycles. The van der Waals surface area contributed by atoms with Crippen LogP contribution in [0.2, 0.25) is 0 Å². The molecule has 0 aliphatic rings. The molecule has 3 aromatic rings. The van der Waals surface area contributed by atoms with E-state index in [2.05, 4.69) is 6.07 Å². The molecule has 0 radical (unpaired) electrons. The Balaban J connectivity index is 1.96. The van der Waals surface area contributed by atoms with E-state index in [1.807, 2.05) is 0 Å². The van der Waals surface area contributed by atoms with E-state index in [1.165, 1.54) is 12.1 Å². The van der Waals surface area contributed by atoms with Gasteiger partial charge in [-0.15, -0.1) is 0 Å². The van der Waals surface area contributed by atoms with E-state index in [-0.39, 0.29) is 11.8 Å². The van der Waals surface area contributed by atoms with Gasteiger partial charge >= 0.3 is 5.97 Å². The number of hydrogen-bond donors (Lipinski definition) is 0. The van der Waals surface area contributed by atoms with Gasteiger partial charge in [0.15, 0.2) is 0 Å². The zero-order valence-corrected chi connectivity index (χ0v) is 13.6. The van der Waals surface area contributed by atoms with Crippen LogP contribution in [0, 0.1) is 17.1 Å². The van der Waals surface area contributed by atoms with Crippen LogP contribution >= 0.6 is 0 Å². The quantitative estimate of drug-likeness (QED) is 0.667. The monoisotopic (exact) mass is 334 g/mol. The predicted molar refractivity (Wildman–Crippen MR) is 91.8 cm³/mol. The molecule has 124 valence electrons. The van der Waals surface area contributed by atoms with Crippen molar-refractivity contribution in [1.82, 2.24) is 4.57 Å². The molecule has 2 aromatic carbocycles. The van der Waals surface area contributed by atoms with Crippen LogP contribution in [0.1, 0.15) is 22.8 Å². The molecule has 0 spiro atoms. The Bertz CT molecular complexity index is 953. The molecular formula is C20H15FN2O2. The lowest BCUT2D eigenvalue weighted by Gasteiger charge is -2.05. The first-order valence-electron chi connectivity index (χ1n) is 7.78. The number of nitrogens with zero attached hydrogens (tertiary/aromatic N) is 2. The van der Waals surface area contributed by atoms with Gasteiger partial charge in [0.25, 0.3) is 0 Å². The molecule has 0 N–H and O–H groups in total. The van der Waals surface area contributed by atoms with Crippen LogP contribution in [0.5, 0.6) is 0 Å². The molecular weight excluding hydrogens is 319 g/mol. The van der Waals surface area contributed by atoms with E-state index in [9.17, 15) is 14.4 Å². The molecule has 1 heterocycles. The molecule has 0 amide bonds. The number of carbonyl (C=O) groups excluding carboxylic acids is 1. The maximum atomic E-state index is 13.5. The summed E-state index contributed by atoms with van der Waals surface area (Å²) in [4.78, 5) is 11.7. The molecule has 1 aromatic heterocycles. The minimum atomic E-state index is -0.375. The van der Waals surface area contributed by atoms with Gasteiger partial charge in [-0.2, -0.15) is 5.26 Å². The minimum absolute atomic E-state index is 0.320. The standard InChI is InChI=1S/C20H15FN2O2/c1-2-25-20(24)14-6-8-18(9-7-14)23-12-16(11-22)19(13-23)15-4-3-5-17(21)10-15/h3-10,12-13H,2H2,1H3. The molecule has 0 bridgehead atoms. The second-order valence-electron chi connectivity index (χ2n) is 5.38. The topological polar surface area (TPSA) is 55.0 Å². The number of halogens is 1. The molecule has 0 atom stereocenters. The van der Waals surface area contributed by atoms with E-state index in [0.29, 0.717) is 28.9 Å². The molecule has 3 rings (SSSR count). The zero-order valence-electron chi connectivity index (χ0n) is 13.6. The third-order valence-electron chi connectivity index (χ3n) is 3.76. The molecule has 0 aliphatic heterocycles. The number of hydrogen-bond acceptors (Lipinski definition) is 3. The third kappa shape index (κ3) is 3.43. The number of carbonyl (C=O) groups is 1. The highest BCUT2D eigenvalue weighted by Gasteiger charge is 2.11. The Hall–Kier alpha value is -3.39. The van der Waals surface area contributed by atoms with Gasteiger partial charge < -0.3 is 9.30 Å². The van der Waals surface area contributed by atoms with Crippen molar-refractivity contribution >= 4 is 5.97 Å². The predicted octanol–water partition coefficient (Wildman–Crippen LogP) is 4.33. The van der Waals surface area contributed by atoms with Crippen LogP contribution in [0.15, 0.2) is 60.9 Å². The van der Waals surface area contributed by atoms with Crippen molar-refractivity contribution in [2.45, 2.75) is 6.92 Å². The summed E-state index contributed by atoms with van der Waals surface area (Å²) in [6.07, 6.45) is 3.45. The molecule has 0 unspecified atom stereocenters. The molecule has 25 heavy (non-hydrogen) atoms. The Labute approximate surface area is 144 Å². The lowest BCUT2D eigenvalue weighted by molar-refractivity contribution is 0.0526. The normalized spacial score (nSPS) is 10.3. The number of rotatable bonds is 4. The maximum Gasteiger partial charge on any atom is 0.338 e. The van der Waals surface area contributed by atoms with Gasteiger partial charge in [-0.25, -0.2) is 9.18 Å². The Morgan fingerprint density at radius 1 is 1.20 bits per heavy atom. The van der Waals surface area contributed by atoms with Crippen LogP contribution < -0.4 is 0 Å². The molecule has 0 fully saturated rings. The lowest BCUT2D eigenvalue weighted by Crippen LogP contribution is -2.04. The first-order chi connectivity index (χ1) is 12.1. The van der Waals surface area contributed by atoms with Gasteiger partial charge in [-0.05, 0) is 48.9 Å². The number of benzene rings is 2. The minimum Gasteiger partial charge on any atom is -0.462 e. The Kier molecular flexibility index (Phi) is 4.62. The van der Waals surface area contributed by atoms with E-state index in [1.54, 1.807) is 60.3 Å². The van der Waals surface area contributed by atoms with Gasteiger partial charge in [0.1, 0.15) is 11.9 Å². The summed E-state index contributed by atoms with van der Waals surface area (Å²) in [7, 11) is 0. The highest BCUT2D eigenvalue weighted by molar-refractivity contribution is 5.89. The average molecular weight is 334 g/mol. The van der Waals surface area contributed by atoms with Crippen molar-refractivity contribution in [2.24, 2.45) is 0 Å². The van der Waals surface area contributed by atoms with Crippen molar-refractivity contribution in [3.63, 3.8) is 0 Å². The fraction of sp³-hybridized carbons (Fsp3) is 0.100. The fourth-order valence-electron chi connectivity index (χ4n) is 2.56. The summed E-state index contributed by atoms with van der Waals surface area (Å²) in [5.41, 5.74) is 2.98. The van der Waals surface area contributed by atoms with Crippen LogP contribution in [-0.2, 0) is 4.74 Å². The molecule has 0 saturated carbocycles. The second-order valence-corrected chi connectivity index (χ2v) is 5.38. The van der Waals surface area contributed by atoms with Crippen LogP contribution in [0.25, 0.3) is 16.8 Å². The Morgan fingerprint density at radius 3 is 2.60 bits per heavy atom. The molecule has 0 saturated heterocycles. The number of esters is 1. The summed E-state index contributed by atoms with van der Waals surface area (Å²) in [5, 5.41) is 9.37. The van der Waals surface area contributed by atoms with Crippen molar-refractivity contribution in [3.8, 4) is 22.9 Å². The number of ether oxygens (including phenoxy) is 1. The SMILES string of the molecule is CCOC(=O)c1ccc(-n2cc(C#N)c(-c3cccc(F)c3)c2)cc1. The van der Waals surface area contributed by atoms with Crippen molar-refractivity contribution in [3.05, 3.63) is 77.9 Å². The first-order valence-corrected chi connectivity index (χ1v) is 7.78. The van der Waals surface area contributed by atoms with Gasteiger partial charge in [-0.1, -0.05) is 12.1 Å².